The molecular formula is C15H23FN4O5. The number of rotatable bonds is 3. The highest BCUT2D eigenvalue weighted by atomic mass is 19.1. The number of alkyl carbamates (subject to hydrolysis) is 1. The van der Waals surface area contributed by atoms with Crippen molar-refractivity contribution in [2.75, 3.05) is 6.61 Å². The Morgan fingerprint density at radius 2 is 2.20 bits per heavy atom. The van der Waals surface area contributed by atoms with Crippen molar-refractivity contribution in [3.63, 3.8) is 0 Å². The fourth-order valence-electron chi connectivity index (χ4n) is 2.62. The summed E-state index contributed by atoms with van der Waals surface area (Å²) in [7, 11) is 1.57. The Kier molecular flexibility index (Phi) is 5.61. The van der Waals surface area contributed by atoms with Crippen molar-refractivity contribution >= 4 is 11.8 Å². The number of carbonyl (C=O) groups excluding carboxylic acids is 1. The van der Waals surface area contributed by atoms with Gasteiger partial charge >= 0.3 is 11.8 Å². The van der Waals surface area contributed by atoms with E-state index in [9.17, 15) is 19.3 Å². The summed E-state index contributed by atoms with van der Waals surface area (Å²) in [5.41, 5.74) is -0.687. The zero-order valence-electron chi connectivity index (χ0n) is 14.7. The fraction of sp³-hybridized carbons (Fsp3) is 0.733. The predicted molar refractivity (Wildman–Crippen MR) is 85.8 cm³/mol. The molecule has 2 heterocycles. The van der Waals surface area contributed by atoms with E-state index < -0.39 is 34.9 Å². The van der Waals surface area contributed by atoms with Gasteiger partial charge in [0.2, 0.25) is 0 Å². The molecule has 3 unspecified atom stereocenters. The normalized spacial score (nSPS) is 24.4. The molecule has 2 rings (SSSR count). The van der Waals surface area contributed by atoms with Gasteiger partial charge in [-0.2, -0.15) is 5.10 Å². The molecule has 9 nitrogen and oxygen atoms in total. The third kappa shape index (κ3) is 5.12. The monoisotopic (exact) mass is 358 g/mol. The van der Waals surface area contributed by atoms with Crippen LogP contribution in [0.5, 0.6) is 0 Å². The van der Waals surface area contributed by atoms with Gasteiger partial charge in [0, 0.05) is 7.05 Å². The molecule has 1 aliphatic heterocycles. The Bertz CT molecular complexity index is 642. The van der Waals surface area contributed by atoms with Crippen LogP contribution in [-0.2, 0) is 16.5 Å². The van der Waals surface area contributed by atoms with E-state index in [1.165, 1.54) is 10.9 Å². The fourth-order valence-corrected chi connectivity index (χ4v) is 2.62. The Balaban J connectivity index is 2.06. The van der Waals surface area contributed by atoms with Crippen molar-refractivity contribution in [1.82, 2.24) is 15.1 Å². The molecule has 1 N–H and O–H groups in total. The van der Waals surface area contributed by atoms with Gasteiger partial charge < -0.3 is 14.8 Å². The van der Waals surface area contributed by atoms with E-state index in [1.807, 2.05) is 0 Å². The maximum atomic E-state index is 14.3. The minimum Gasteiger partial charge on any atom is -0.444 e. The smallest absolute Gasteiger partial charge is 0.407 e. The highest BCUT2D eigenvalue weighted by Gasteiger charge is 2.35. The molecule has 1 aliphatic rings. The first-order chi connectivity index (χ1) is 11.6. The number of alkyl halides is 1. The van der Waals surface area contributed by atoms with Crippen LogP contribution in [0.25, 0.3) is 0 Å². The largest absolute Gasteiger partial charge is 0.444 e. The molecule has 3 atom stereocenters. The second-order valence-electron chi connectivity index (χ2n) is 7.00. The average Bonchev–Trinajstić information content (AvgIpc) is 2.76. The average molecular weight is 358 g/mol. The molecule has 140 valence electrons. The number of nitrogens with zero attached hydrogens (tertiary/aromatic N) is 3. The highest BCUT2D eigenvalue weighted by molar-refractivity contribution is 5.68. The standard InChI is InChI=1S/C15H23FN4O5/c1-15(2,3)25-14(21)17-10-5-6-12(24-8-9(10)16)13-11(20(22)23)7-19(4)18-13/h7,9-10,12H,5-6,8H2,1-4H3,(H,17,21). The van der Waals surface area contributed by atoms with Crippen LogP contribution in [-0.4, -0.2) is 45.2 Å². The number of ether oxygens (including phenoxy) is 2. The minimum absolute atomic E-state index is 0.164. The molecule has 0 bridgehead atoms. The number of hydrogen-bond donors (Lipinski definition) is 1. The third-order valence-corrected chi connectivity index (χ3v) is 3.67. The summed E-state index contributed by atoms with van der Waals surface area (Å²) in [5, 5.41) is 17.7. The van der Waals surface area contributed by atoms with E-state index in [4.69, 9.17) is 9.47 Å². The molecule has 10 heteroatoms. The molecule has 0 aromatic carbocycles. The number of halogens is 1. The van der Waals surface area contributed by atoms with Crippen molar-refractivity contribution in [3.05, 3.63) is 22.0 Å². The van der Waals surface area contributed by atoms with Gasteiger partial charge in [0.25, 0.3) is 0 Å². The Hall–Kier alpha value is -2.23. The van der Waals surface area contributed by atoms with Gasteiger partial charge in [0.05, 0.1) is 17.6 Å². The lowest BCUT2D eigenvalue weighted by atomic mass is 10.0. The molecule has 0 radical (unpaired) electrons. The Labute approximate surface area is 144 Å². The van der Waals surface area contributed by atoms with Gasteiger partial charge in [-0.15, -0.1) is 0 Å². The SMILES string of the molecule is Cn1cc([N+](=O)[O-])c(C2CCC(NC(=O)OC(C)(C)C)C(F)CO2)n1. The summed E-state index contributed by atoms with van der Waals surface area (Å²) in [5.74, 6) is 0. The second-order valence-corrected chi connectivity index (χ2v) is 7.00. The van der Waals surface area contributed by atoms with Crippen LogP contribution in [0.3, 0.4) is 0 Å². The number of amides is 1. The lowest BCUT2D eigenvalue weighted by Gasteiger charge is -2.24. The summed E-state index contributed by atoms with van der Waals surface area (Å²) in [6.45, 7) is 4.85. The molecular weight excluding hydrogens is 335 g/mol. The number of hydrogen-bond acceptors (Lipinski definition) is 6. The first-order valence-electron chi connectivity index (χ1n) is 8.00. The van der Waals surface area contributed by atoms with Crippen LogP contribution < -0.4 is 5.32 Å². The molecule has 1 aromatic rings. The topological polar surface area (TPSA) is 109 Å². The molecule has 0 saturated carbocycles. The summed E-state index contributed by atoms with van der Waals surface area (Å²) < 4.78 is 26.2. The molecule has 1 fully saturated rings. The summed E-state index contributed by atoms with van der Waals surface area (Å²) in [6.07, 6.45) is -1.03. The van der Waals surface area contributed by atoms with E-state index in [2.05, 4.69) is 10.4 Å². The lowest BCUT2D eigenvalue weighted by Crippen LogP contribution is -2.44. The van der Waals surface area contributed by atoms with E-state index in [-0.39, 0.29) is 24.4 Å². The molecule has 1 aromatic heterocycles. The van der Waals surface area contributed by atoms with Crippen molar-refractivity contribution < 1.29 is 23.6 Å². The van der Waals surface area contributed by atoms with Gasteiger partial charge in [0.1, 0.15) is 24.1 Å². The number of aromatic nitrogens is 2. The van der Waals surface area contributed by atoms with E-state index >= 15 is 0 Å². The van der Waals surface area contributed by atoms with Gasteiger partial charge in [-0.05, 0) is 33.6 Å². The highest BCUT2D eigenvalue weighted by Crippen LogP contribution is 2.32. The Morgan fingerprint density at radius 3 is 2.80 bits per heavy atom. The maximum Gasteiger partial charge on any atom is 0.407 e. The van der Waals surface area contributed by atoms with Gasteiger partial charge in [-0.1, -0.05) is 0 Å². The number of aryl methyl sites for hydroxylation is 1. The van der Waals surface area contributed by atoms with Crippen molar-refractivity contribution in [2.45, 2.75) is 57.5 Å². The maximum absolute atomic E-state index is 14.3. The quantitative estimate of drug-likeness (QED) is 0.656. The Morgan fingerprint density at radius 1 is 1.52 bits per heavy atom. The number of nitro groups is 1. The first-order valence-corrected chi connectivity index (χ1v) is 8.00. The first kappa shape index (κ1) is 19.1. The molecule has 0 aliphatic carbocycles. The summed E-state index contributed by atoms with van der Waals surface area (Å²) in [4.78, 5) is 22.4. The number of nitrogens with one attached hydrogen (secondary N) is 1. The lowest BCUT2D eigenvalue weighted by molar-refractivity contribution is -0.386. The molecule has 25 heavy (non-hydrogen) atoms. The molecule has 0 spiro atoms. The van der Waals surface area contributed by atoms with E-state index in [0.717, 1.165) is 0 Å². The predicted octanol–water partition coefficient (Wildman–Crippen LogP) is 2.41. The van der Waals surface area contributed by atoms with Crippen molar-refractivity contribution in [1.29, 1.82) is 0 Å². The molecule has 1 saturated heterocycles. The van der Waals surface area contributed by atoms with Crippen LogP contribution >= 0.6 is 0 Å². The van der Waals surface area contributed by atoms with Gasteiger partial charge in [0.15, 0.2) is 5.69 Å². The van der Waals surface area contributed by atoms with Crippen LogP contribution in [0, 0.1) is 10.1 Å². The minimum atomic E-state index is -1.44. The van der Waals surface area contributed by atoms with Gasteiger partial charge in [-0.3, -0.25) is 14.8 Å². The van der Waals surface area contributed by atoms with Crippen LogP contribution in [0.4, 0.5) is 14.9 Å². The number of carbonyl (C=O) groups is 1. The van der Waals surface area contributed by atoms with Crippen molar-refractivity contribution in [2.24, 2.45) is 7.05 Å². The zero-order valence-corrected chi connectivity index (χ0v) is 14.7. The summed E-state index contributed by atoms with van der Waals surface area (Å²) in [6, 6.07) is -0.789. The van der Waals surface area contributed by atoms with Crippen LogP contribution in [0.1, 0.15) is 45.4 Å². The van der Waals surface area contributed by atoms with Crippen LogP contribution in [0.15, 0.2) is 6.20 Å². The third-order valence-electron chi connectivity index (χ3n) is 3.67. The van der Waals surface area contributed by atoms with Gasteiger partial charge in [-0.25, -0.2) is 9.18 Å². The van der Waals surface area contributed by atoms with E-state index in [1.54, 1.807) is 27.8 Å². The van der Waals surface area contributed by atoms with Crippen molar-refractivity contribution in [3.8, 4) is 0 Å². The van der Waals surface area contributed by atoms with Crippen LogP contribution in [0.2, 0.25) is 0 Å². The zero-order chi connectivity index (χ0) is 18.8. The van der Waals surface area contributed by atoms with E-state index in [0.29, 0.717) is 6.42 Å². The second kappa shape index (κ2) is 7.34. The summed E-state index contributed by atoms with van der Waals surface area (Å²) >= 11 is 0. The molecule has 1 amide bonds.